The first-order valence-electron chi connectivity index (χ1n) is 10.5. The van der Waals surface area contributed by atoms with Gasteiger partial charge in [0.2, 0.25) is 21.8 Å². The first kappa shape index (κ1) is 22.7. The normalized spacial score (nSPS) is 14.6. The minimum Gasteiger partial charge on any atom is -0.408 e. The highest BCUT2D eigenvalue weighted by atomic mass is 32.2. The van der Waals surface area contributed by atoms with Crippen LogP contribution in [0.3, 0.4) is 0 Å². The third-order valence-corrected chi connectivity index (χ3v) is 7.70. The molecule has 4 rings (SSSR count). The van der Waals surface area contributed by atoms with E-state index < -0.39 is 21.7 Å². The van der Waals surface area contributed by atoms with E-state index >= 15 is 0 Å². The fourth-order valence-corrected chi connectivity index (χ4v) is 5.40. The number of aryl methyl sites for hydroxylation is 1. The lowest BCUT2D eigenvalue weighted by Crippen LogP contribution is -2.28. The van der Waals surface area contributed by atoms with Crippen LogP contribution < -0.4 is 16.4 Å². The highest BCUT2D eigenvalue weighted by Crippen LogP contribution is 2.24. The smallest absolute Gasteiger partial charge is 0.408 e. The summed E-state index contributed by atoms with van der Waals surface area (Å²) in [5.41, 5.74) is 6.71. The van der Waals surface area contributed by atoms with E-state index in [2.05, 4.69) is 0 Å². The van der Waals surface area contributed by atoms with Gasteiger partial charge in [-0.05, 0) is 49.2 Å². The van der Waals surface area contributed by atoms with Crippen molar-refractivity contribution < 1.29 is 22.4 Å². The first-order chi connectivity index (χ1) is 15.7. The van der Waals surface area contributed by atoms with Gasteiger partial charge < -0.3 is 15.1 Å². The van der Waals surface area contributed by atoms with Gasteiger partial charge in [-0.2, -0.15) is 4.31 Å². The molecule has 2 amide bonds. The minimum absolute atomic E-state index is 0.0104. The van der Waals surface area contributed by atoms with Crippen molar-refractivity contribution in [1.82, 2.24) is 8.87 Å². The molecule has 2 N–H and O–H groups in total. The van der Waals surface area contributed by atoms with Crippen molar-refractivity contribution in [2.75, 3.05) is 25.0 Å². The van der Waals surface area contributed by atoms with E-state index in [-0.39, 0.29) is 29.4 Å². The summed E-state index contributed by atoms with van der Waals surface area (Å²) in [5, 5.41) is 0. The molecule has 0 aliphatic carbocycles. The lowest BCUT2D eigenvalue weighted by molar-refractivity contribution is -0.118. The number of sulfonamides is 1. The number of aromatic nitrogens is 1. The van der Waals surface area contributed by atoms with Crippen molar-refractivity contribution in [1.29, 1.82) is 0 Å². The maximum Gasteiger partial charge on any atom is 0.419 e. The first-order valence-corrected chi connectivity index (χ1v) is 11.9. The summed E-state index contributed by atoms with van der Waals surface area (Å²) in [4.78, 5) is 37.7. The second kappa shape index (κ2) is 8.83. The van der Waals surface area contributed by atoms with Crippen LogP contribution in [0, 0.1) is 0 Å². The number of benzene rings is 2. The Balaban J connectivity index is 1.50. The third kappa shape index (κ3) is 4.41. The van der Waals surface area contributed by atoms with Crippen LogP contribution in [0.5, 0.6) is 0 Å². The zero-order valence-electron chi connectivity index (χ0n) is 18.1. The molecule has 2 aromatic carbocycles. The summed E-state index contributed by atoms with van der Waals surface area (Å²) < 4.78 is 33.6. The van der Waals surface area contributed by atoms with Crippen LogP contribution in [-0.2, 0) is 21.4 Å². The number of anilines is 1. The number of primary amides is 1. The Morgan fingerprint density at radius 1 is 1.09 bits per heavy atom. The minimum atomic E-state index is -3.64. The molecular formula is C22H24N4O6S. The summed E-state index contributed by atoms with van der Waals surface area (Å²) in [6.07, 6.45) is 1.66. The molecule has 0 radical (unpaired) electrons. The summed E-state index contributed by atoms with van der Waals surface area (Å²) >= 11 is 0. The molecule has 0 spiro atoms. The molecule has 1 aromatic heterocycles. The fourth-order valence-electron chi connectivity index (χ4n) is 3.86. The number of rotatable bonds is 7. The summed E-state index contributed by atoms with van der Waals surface area (Å²) in [6, 6.07) is 10.6. The molecule has 10 nitrogen and oxygen atoms in total. The number of oxazole rings is 1. The molecule has 3 aromatic rings. The lowest BCUT2D eigenvalue weighted by Gasteiger charge is -2.17. The quantitative estimate of drug-likeness (QED) is 0.554. The molecule has 174 valence electrons. The van der Waals surface area contributed by atoms with E-state index in [0.717, 1.165) is 12.8 Å². The van der Waals surface area contributed by atoms with Crippen molar-refractivity contribution in [3.63, 3.8) is 0 Å². The van der Waals surface area contributed by atoms with E-state index in [0.29, 0.717) is 29.9 Å². The molecule has 0 bridgehead atoms. The van der Waals surface area contributed by atoms with Crippen molar-refractivity contribution in [2.24, 2.45) is 5.73 Å². The average molecular weight is 473 g/mol. The summed E-state index contributed by atoms with van der Waals surface area (Å²) in [5.74, 6) is -1.48. The van der Waals surface area contributed by atoms with Gasteiger partial charge in [0.15, 0.2) is 5.58 Å². The average Bonchev–Trinajstić information content (AvgIpc) is 3.45. The maximum absolute atomic E-state index is 12.8. The predicted octanol–water partition coefficient (Wildman–Crippen LogP) is 1.53. The highest BCUT2D eigenvalue weighted by Gasteiger charge is 2.28. The van der Waals surface area contributed by atoms with Gasteiger partial charge in [-0.1, -0.05) is 0 Å². The Kier molecular flexibility index (Phi) is 6.09. The van der Waals surface area contributed by atoms with E-state index in [1.54, 1.807) is 19.2 Å². The Labute approximate surface area is 190 Å². The Bertz CT molecular complexity index is 1370. The van der Waals surface area contributed by atoms with Gasteiger partial charge in [0.25, 0.3) is 0 Å². The molecular weight excluding hydrogens is 448 g/mol. The highest BCUT2D eigenvalue weighted by molar-refractivity contribution is 7.89. The van der Waals surface area contributed by atoms with Crippen molar-refractivity contribution >= 4 is 38.6 Å². The second-order valence-electron chi connectivity index (χ2n) is 7.87. The van der Waals surface area contributed by atoms with Crippen LogP contribution in [0.15, 0.2) is 56.6 Å². The van der Waals surface area contributed by atoms with Gasteiger partial charge in [0.05, 0.1) is 10.4 Å². The van der Waals surface area contributed by atoms with E-state index in [1.807, 2.05) is 0 Å². The Hall–Kier alpha value is -3.44. The molecule has 1 saturated heterocycles. The zero-order valence-corrected chi connectivity index (χ0v) is 18.9. The van der Waals surface area contributed by atoms with Crippen molar-refractivity contribution in [3.05, 3.63) is 58.6 Å². The molecule has 33 heavy (non-hydrogen) atoms. The Morgan fingerprint density at radius 2 is 1.76 bits per heavy atom. The Morgan fingerprint density at radius 3 is 2.39 bits per heavy atom. The lowest BCUT2D eigenvalue weighted by atomic mass is 10.2. The molecule has 1 aliphatic rings. The number of carbonyl (C=O) groups is 2. The van der Waals surface area contributed by atoms with Crippen LogP contribution in [0.4, 0.5) is 5.69 Å². The third-order valence-electron chi connectivity index (χ3n) is 5.81. The molecule has 0 atom stereocenters. The van der Waals surface area contributed by atoms with Crippen LogP contribution in [0.1, 0.15) is 29.6 Å². The van der Waals surface area contributed by atoms with E-state index in [4.69, 9.17) is 10.2 Å². The van der Waals surface area contributed by atoms with Gasteiger partial charge in [-0.25, -0.2) is 13.2 Å². The van der Waals surface area contributed by atoms with Gasteiger partial charge in [0, 0.05) is 50.4 Å². The summed E-state index contributed by atoms with van der Waals surface area (Å²) in [7, 11) is -2.05. The standard InChI is InChI=1S/C22H24N4O6S/c1-24(16-6-4-15(5-7-16)21(23)28)20(27)10-13-26-18-9-8-17(14-19(18)32-22(26)29)33(30,31)25-11-2-3-12-25/h4-9,14H,2-3,10-13H2,1H3,(H2,23,28). The van der Waals surface area contributed by atoms with Crippen LogP contribution in [0.2, 0.25) is 0 Å². The van der Waals surface area contributed by atoms with Crippen LogP contribution in [0.25, 0.3) is 11.1 Å². The van der Waals surface area contributed by atoms with Gasteiger partial charge in [-0.15, -0.1) is 0 Å². The predicted molar refractivity (Wildman–Crippen MR) is 121 cm³/mol. The second-order valence-corrected chi connectivity index (χ2v) is 9.81. The number of nitrogens with zero attached hydrogens (tertiary/aromatic N) is 3. The van der Waals surface area contributed by atoms with Crippen LogP contribution in [-0.4, -0.2) is 49.2 Å². The monoisotopic (exact) mass is 472 g/mol. The van der Waals surface area contributed by atoms with Gasteiger partial charge in [-0.3, -0.25) is 14.2 Å². The van der Waals surface area contributed by atoms with E-state index in [1.165, 1.54) is 44.1 Å². The molecule has 11 heteroatoms. The number of hydrogen-bond acceptors (Lipinski definition) is 6. The molecule has 0 saturated carbocycles. The van der Waals surface area contributed by atoms with E-state index in [9.17, 15) is 22.8 Å². The SMILES string of the molecule is CN(C(=O)CCn1c(=O)oc2cc(S(=O)(=O)N3CCCC3)ccc21)c1ccc(C(N)=O)cc1. The maximum atomic E-state index is 12.8. The largest absolute Gasteiger partial charge is 0.419 e. The topological polar surface area (TPSA) is 136 Å². The molecule has 0 unspecified atom stereocenters. The van der Waals surface area contributed by atoms with Crippen LogP contribution >= 0.6 is 0 Å². The van der Waals surface area contributed by atoms with Crippen molar-refractivity contribution in [2.45, 2.75) is 30.7 Å². The van der Waals surface area contributed by atoms with Crippen molar-refractivity contribution in [3.8, 4) is 0 Å². The number of carbonyl (C=O) groups excluding carboxylic acids is 2. The fraction of sp³-hybridized carbons (Fsp3) is 0.318. The number of nitrogens with two attached hydrogens (primary N) is 1. The van der Waals surface area contributed by atoms with Gasteiger partial charge >= 0.3 is 5.76 Å². The summed E-state index contributed by atoms with van der Waals surface area (Å²) in [6.45, 7) is 1.02. The molecule has 1 aliphatic heterocycles. The number of amides is 2. The number of hydrogen-bond donors (Lipinski definition) is 1. The zero-order chi connectivity index (χ0) is 23.8. The molecule has 1 fully saturated rings. The molecule has 2 heterocycles. The number of fused-ring (bicyclic) bond motifs is 1. The van der Waals surface area contributed by atoms with Gasteiger partial charge in [0.1, 0.15) is 0 Å².